The number of sulfonamides is 1. The van der Waals surface area contributed by atoms with Gasteiger partial charge in [0.2, 0.25) is 15.9 Å². The molecule has 22 heavy (non-hydrogen) atoms. The fraction of sp³-hybridized carbons (Fsp3) is 0.562. The second kappa shape index (κ2) is 7.63. The van der Waals surface area contributed by atoms with Gasteiger partial charge in [0.15, 0.2) is 0 Å². The third kappa shape index (κ3) is 5.02. The molecule has 0 atom stereocenters. The van der Waals surface area contributed by atoms with E-state index >= 15 is 0 Å². The molecule has 1 rings (SSSR count). The van der Waals surface area contributed by atoms with Crippen molar-refractivity contribution < 1.29 is 13.2 Å². The van der Waals surface area contributed by atoms with Gasteiger partial charge < -0.3 is 5.32 Å². The van der Waals surface area contributed by atoms with E-state index in [-0.39, 0.29) is 30.8 Å². The monoisotopic (exact) mass is 326 g/mol. The summed E-state index contributed by atoms with van der Waals surface area (Å²) in [4.78, 5) is 11.6. The highest BCUT2D eigenvalue weighted by atomic mass is 32.2. The Balaban J connectivity index is 2.99. The molecule has 1 aromatic rings. The molecule has 1 amide bonds. The van der Waals surface area contributed by atoms with Gasteiger partial charge in [-0.2, -0.15) is 0 Å². The first-order valence-electron chi connectivity index (χ1n) is 7.49. The summed E-state index contributed by atoms with van der Waals surface area (Å²) < 4.78 is 25.6. The molecule has 0 saturated carbocycles. The number of nitrogens with zero attached hydrogens (tertiary/aromatic N) is 1. The number of nitrogens with one attached hydrogen (secondary N) is 1. The zero-order chi connectivity index (χ0) is 16.9. The zero-order valence-electron chi connectivity index (χ0n) is 14.0. The highest BCUT2D eigenvalue weighted by Crippen LogP contribution is 2.28. The van der Waals surface area contributed by atoms with Crippen molar-refractivity contribution >= 4 is 21.6 Å². The van der Waals surface area contributed by atoms with E-state index in [1.54, 1.807) is 19.9 Å². The number of hydrogen-bond donors (Lipinski definition) is 1. The Morgan fingerprint density at radius 2 is 1.77 bits per heavy atom. The van der Waals surface area contributed by atoms with E-state index in [1.165, 1.54) is 10.6 Å². The number of carbonyl (C=O) groups excluding carboxylic acids is 1. The van der Waals surface area contributed by atoms with Crippen LogP contribution in [0.25, 0.3) is 0 Å². The van der Waals surface area contributed by atoms with Gasteiger partial charge in [0, 0.05) is 12.5 Å². The Morgan fingerprint density at radius 3 is 2.27 bits per heavy atom. The van der Waals surface area contributed by atoms with Crippen LogP contribution in [0.1, 0.15) is 39.2 Å². The lowest BCUT2D eigenvalue weighted by atomic mass is 10.0. The van der Waals surface area contributed by atoms with Gasteiger partial charge in [-0.1, -0.05) is 45.9 Å². The fourth-order valence-electron chi connectivity index (χ4n) is 2.15. The lowest BCUT2D eigenvalue weighted by Crippen LogP contribution is -2.39. The number of para-hydroxylation sites is 1. The van der Waals surface area contributed by atoms with Crippen molar-refractivity contribution in [3.8, 4) is 0 Å². The summed E-state index contributed by atoms with van der Waals surface area (Å²) in [5.74, 6) is 0.0194. The Kier molecular flexibility index (Phi) is 6.41. The van der Waals surface area contributed by atoms with Gasteiger partial charge in [-0.15, -0.1) is 0 Å². The fourth-order valence-corrected chi connectivity index (χ4v) is 3.10. The molecule has 1 N–H and O–H groups in total. The first kappa shape index (κ1) is 18.5. The van der Waals surface area contributed by atoms with Gasteiger partial charge >= 0.3 is 0 Å². The van der Waals surface area contributed by atoms with Crippen LogP contribution in [-0.4, -0.2) is 33.7 Å². The number of rotatable bonds is 7. The van der Waals surface area contributed by atoms with E-state index in [9.17, 15) is 13.2 Å². The van der Waals surface area contributed by atoms with Gasteiger partial charge in [0.25, 0.3) is 0 Å². The zero-order valence-corrected chi connectivity index (χ0v) is 14.8. The van der Waals surface area contributed by atoms with Gasteiger partial charge in [-0.05, 0) is 17.5 Å². The quantitative estimate of drug-likeness (QED) is 0.836. The van der Waals surface area contributed by atoms with E-state index in [2.05, 4.69) is 5.32 Å². The Morgan fingerprint density at radius 1 is 1.18 bits per heavy atom. The average molecular weight is 326 g/mol. The topological polar surface area (TPSA) is 66.5 Å². The number of carbonyl (C=O) groups is 1. The largest absolute Gasteiger partial charge is 0.354 e. The van der Waals surface area contributed by atoms with Crippen molar-refractivity contribution in [2.75, 3.05) is 23.7 Å². The summed E-state index contributed by atoms with van der Waals surface area (Å²) >= 11 is 0. The molecule has 0 unspecified atom stereocenters. The molecule has 124 valence electrons. The average Bonchev–Trinajstić information content (AvgIpc) is 2.41. The third-order valence-corrected chi connectivity index (χ3v) is 4.55. The molecule has 0 saturated heterocycles. The van der Waals surface area contributed by atoms with Crippen LogP contribution in [0.4, 0.5) is 5.69 Å². The highest BCUT2D eigenvalue weighted by Gasteiger charge is 2.21. The minimum atomic E-state index is -3.41. The van der Waals surface area contributed by atoms with Crippen molar-refractivity contribution in [1.29, 1.82) is 0 Å². The minimum absolute atomic E-state index is 0.0782. The van der Waals surface area contributed by atoms with Gasteiger partial charge in [0.05, 0.1) is 18.5 Å². The first-order chi connectivity index (χ1) is 10.1. The van der Waals surface area contributed by atoms with Crippen molar-refractivity contribution in [3.05, 3.63) is 29.8 Å². The molecular formula is C16H26N2O3S. The van der Waals surface area contributed by atoms with Crippen LogP contribution in [0.3, 0.4) is 0 Å². The molecule has 5 nitrogen and oxygen atoms in total. The second-order valence-electron chi connectivity index (χ2n) is 5.99. The lowest BCUT2D eigenvalue weighted by Gasteiger charge is -2.26. The van der Waals surface area contributed by atoms with Crippen molar-refractivity contribution in [3.63, 3.8) is 0 Å². The summed E-state index contributed by atoms with van der Waals surface area (Å²) in [7, 11) is -3.41. The van der Waals surface area contributed by atoms with E-state index in [4.69, 9.17) is 0 Å². The van der Waals surface area contributed by atoms with Crippen LogP contribution in [0.15, 0.2) is 24.3 Å². The van der Waals surface area contributed by atoms with E-state index in [0.717, 1.165) is 5.56 Å². The standard InChI is InChI=1S/C16H26N2O3S/c1-12(2)14-8-6-7-9-15(14)18(22(5,20)21)11-10-17-16(19)13(3)4/h6-9,12-13H,10-11H2,1-5H3,(H,17,19). The smallest absolute Gasteiger partial charge is 0.232 e. The molecule has 0 aromatic heterocycles. The second-order valence-corrected chi connectivity index (χ2v) is 7.90. The van der Waals surface area contributed by atoms with Crippen LogP contribution in [0, 0.1) is 5.92 Å². The molecular weight excluding hydrogens is 300 g/mol. The Bertz CT molecular complexity index is 610. The number of anilines is 1. The normalized spacial score (nSPS) is 11.8. The van der Waals surface area contributed by atoms with Crippen molar-refractivity contribution in [1.82, 2.24) is 5.32 Å². The molecule has 0 fully saturated rings. The highest BCUT2D eigenvalue weighted by molar-refractivity contribution is 7.92. The summed E-state index contributed by atoms with van der Waals surface area (Å²) in [6.07, 6.45) is 1.19. The molecule has 0 aliphatic heterocycles. The molecule has 0 aliphatic carbocycles. The number of amides is 1. The SMILES string of the molecule is CC(C)C(=O)NCCN(c1ccccc1C(C)C)S(C)(=O)=O. The van der Waals surface area contributed by atoms with Gasteiger partial charge in [0.1, 0.15) is 0 Å². The summed E-state index contributed by atoms with van der Waals surface area (Å²) in [5.41, 5.74) is 1.65. The van der Waals surface area contributed by atoms with E-state index in [0.29, 0.717) is 5.69 Å². The van der Waals surface area contributed by atoms with Crippen LogP contribution < -0.4 is 9.62 Å². The van der Waals surface area contributed by atoms with Crippen LogP contribution >= 0.6 is 0 Å². The summed E-state index contributed by atoms with van der Waals surface area (Å²) in [5, 5.41) is 2.76. The van der Waals surface area contributed by atoms with Gasteiger partial charge in [-0.25, -0.2) is 8.42 Å². The first-order valence-corrected chi connectivity index (χ1v) is 9.33. The predicted octanol–water partition coefficient (Wildman–Crippen LogP) is 2.35. The maximum absolute atomic E-state index is 12.1. The lowest BCUT2D eigenvalue weighted by molar-refractivity contribution is -0.123. The minimum Gasteiger partial charge on any atom is -0.354 e. The molecule has 0 spiro atoms. The number of hydrogen-bond acceptors (Lipinski definition) is 3. The predicted molar refractivity (Wildman–Crippen MR) is 90.6 cm³/mol. The molecule has 0 radical (unpaired) electrons. The van der Waals surface area contributed by atoms with Crippen LogP contribution in [0.5, 0.6) is 0 Å². The molecule has 0 bridgehead atoms. The maximum Gasteiger partial charge on any atom is 0.232 e. The van der Waals surface area contributed by atoms with Gasteiger partial charge in [-0.3, -0.25) is 9.10 Å². The van der Waals surface area contributed by atoms with E-state index < -0.39 is 10.0 Å². The molecule has 0 heterocycles. The van der Waals surface area contributed by atoms with Crippen LogP contribution in [0.2, 0.25) is 0 Å². The van der Waals surface area contributed by atoms with Crippen molar-refractivity contribution in [2.24, 2.45) is 5.92 Å². The Hall–Kier alpha value is -1.56. The molecule has 6 heteroatoms. The maximum atomic E-state index is 12.1. The third-order valence-electron chi connectivity index (χ3n) is 3.37. The summed E-state index contributed by atoms with van der Waals surface area (Å²) in [6, 6.07) is 7.47. The van der Waals surface area contributed by atoms with Crippen molar-refractivity contribution in [2.45, 2.75) is 33.6 Å². The Labute approximate surface area is 133 Å². The van der Waals surface area contributed by atoms with E-state index in [1.807, 2.05) is 32.0 Å². The number of benzene rings is 1. The van der Waals surface area contributed by atoms with Crippen LogP contribution in [-0.2, 0) is 14.8 Å². The summed E-state index contributed by atoms with van der Waals surface area (Å²) in [6.45, 7) is 8.17. The molecule has 0 aliphatic rings. The molecule has 1 aromatic carbocycles.